The molecule has 138 valence electrons. The molecule has 2 aromatic carbocycles. The van der Waals surface area contributed by atoms with Crippen molar-refractivity contribution in [2.75, 3.05) is 0 Å². The third kappa shape index (κ3) is 3.94. The lowest BCUT2D eigenvalue weighted by Crippen LogP contribution is -2.25. The highest BCUT2D eigenvalue weighted by Crippen LogP contribution is 2.22. The fourth-order valence-electron chi connectivity index (χ4n) is 2.91. The Hall–Kier alpha value is -3.44. The van der Waals surface area contributed by atoms with Gasteiger partial charge in [0.15, 0.2) is 0 Å². The summed E-state index contributed by atoms with van der Waals surface area (Å²) in [5.41, 5.74) is 4.33. The number of imidazole rings is 1. The molecule has 28 heavy (non-hydrogen) atoms. The summed E-state index contributed by atoms with van der Waals surface area (Å²) in [5.74, 6) is -0.195. The summed E-state index contributed by atoms with van der Waals surface area (Å²) in [4.78, 5) is 21.0. The summed E-state index contributed by atoms with van der Waals surface area (Å²) in [6, 6.07) is 19.2. The summed E-state index contributed by atoms with van der Waals surface area (Å²) >= 11 is 5.90. The number of halogens is 1. The van der Waals surface area contributed by atoms with Gasteiger partial charge in [-0.25, -0.2) is 4.98 Å². The topological polar surface area (TPSA) is 59.8 Å². The summed E-state index contributed by atoms with van der Waals surface area (Å²) in [6.45, 7) is 0.414. The van der Waals surface area contributed by atoms with Gasteiger partial charge in [-0.3, -0.25) is 14.3 Å². The van der Waals surface area contributed by atoms with Gasteiger partial charge in [0.2, 0.25) is 0 Å². The Balaban J connectivity index is 1.55. The first-order valence-electron chi connectivity index (χ1n) is 8.76. The number of amides is 1. The van der Waals surface area contributed by atoms with Crippen LogP contribution in [0.15, 0.2) is 85.6 Å². The molecule has 0 radical (unpaired) electrons. The predicted octanol–water partition coefficient (Wildman–Crippen LogP) is 4.52. The van der Waals surface area contributed by atoms with Gasteiger partial charge in [-0.15, -0.1) is 0 Å². The van der Waals surface area contributed by atoms with Crippen molar-refractivity contribution >= 4 is 17.5 Å². The van der Waals surface area contributed by atoms with Crippen LogP contribution in [0.4, 0.5) is 0 Å². The molecule has 0 saturated heterocycles. The molecule has 4 aromatic rings. The van der Waals surface area contributed by atoms with Crippen LogP contribution in [-0.2, 0) is 6.54 Å². The van der Waals surface area contributed by atoms with Gasteiger partial charge in [-0.1, -0.05) is 41.9 Å². The van der Waals surface area contributed by atoms with Crippen LogP contribution in [0.2, 0.25) is 5.02 Å². The zero-order valence-electron chi connectivity index (χ0n) is 14.9. The molecule has 6 heteroatoms. The molecule has 0 aliphatic rings. The molecule has 0 bridgehead atoms. The average molecular weight is 389 g/mol. The first-order chi connectivity index (χ1) is 13.7. The normalized spacial score (nSPS) is 10.6. The molecule has 0 aliphatic heterocycles. The molecular formula is C22H17ClN4O. The summed E-state index contributed by atoms with van der Waals surface area (Å²) < 4.78 is 1.77. The predicted molar refractivity (Wildman–Crippen MR) is 109 cm³/mol. The Kier molecular flexibility index (Phi) is 5.17. The van der Waals surface area contributed by atoms with Gasteiger partial charge in [-0.05, 0) is 41.5 Å². The summed E-state index contributed by atoms with van der Waals surface area (Å²) in [6.07, 6.45) is 6.76. The minimum absolute atomic E-state index is 0.195. The summed E-state index contributed by atoms with van der Waals surface area (Å²) in [7, 11) is 0. The molecule has 5 nitrogen and oxygen atoms in total. The number of hydrogen-bond acceptors (Lipinski definition) is 3. The number of pyridine rings is 1. The van der Waals surface area contributed by atoms with E-state index in [0.717, 1.165) is 22.4 Å². The number of aromatic nitrogens is 3. The standard InChI is InChI=1S/C22H17ClN4O/c23-19-8-6-16(7-9-19)12-26-22(28)21-14-25-15-27(21)20-5-1-3-17(11-20)18-4-2-10-24-13-18/h1-11,13-15H,12H2,(H,26,28). The third-order valence-electron chi connectivity index (χ3n) is 4.36. The molecular weight excluding hydrogens is 372 g/mol. The first kappa shape index (κ1) is 17.9. The molecule has 1 N–H and O–H groups in total. The number of benzene rings is 2. The summed E-state index contributed by atoms with van der Waals surface area (Å²) in [5, 5.41) is 3.59. The van der Waals surface area contributed by atoms with Crippen molar-refractivity contribution < 1.29 is 4.79 Å². The van der Waals surface area contributed by atoms with E-state index in [4.69, 9.17) is 11.6 Å². The van der Waals surface area contributed by atoms with Crippen molar-refractivity contribution in [3.63, 3.8) is 0 Å². The highest BCUT2D eigenvalue weighted by Gasteiger charge is 2.13. The van der Waals surface area contributed by atoms with Crippen LogP contribution in [0.3, 0.4) is 0 Å². The SMILES string of the molecule is O=C(NCc1ccc(Cl)cc1)c1cncn1-c1cccc(-c2cccnc2)c1. The number of hydrogen-bond donors (Lipinski definition) is 1. The second-order valence-electron chi connectivity index (χ2n) is 6.25. The van der Waals surface area contributed by atoms with Crippen molar-refractivity contribution in [1.29, 1.82) is 0 Å². The lowest BCUT2D eigenvalue weighted by Gasteiger charge is -2.11. The molecule has 0 aliphatic carbocycles. The lowest BCUT2D eigenvalue weighted by atomic mass is 10.1. The van der Waals surface area contributed by atoms with Crippen molar-refractivity contribution in [3.8, 4) is 16.8 Å². The monoisotopic (exact) mass is 388 g/mol. The van der Waals surface area contributed by atoms with Gasteiger partial charge in [0, 0.05) is 35.2 Å². The van der Waals surface area contributed by atoms with Crippen molar-refractivity contribution in [3.05, 3.63) is 102 Å². The molecule has 0 atom stereocenters. The van der Waals surface area contributed by atoms with Gasteiger partial charge < -0.3 is 5.32 Å². The number of nitrogens with zero attached hydrogens (tertiary/aromatic N) is 3. The number of carbonyl (C=O) groups excluding carboxylic acids is 1. The fourth-order valence-corrected chi connectivity index (χ4v) is 3.04. The van der Waals surface area contributed by atoms with E-state index in [9.17, 15) is 4.79 Å². The van der Waals surface area contributed by atoms with Crippen LogP contribution in [0.5, 0.6) is 0 Å². The Bertz CT molecular complexity index is 1090. The molecule has 0 saturated carbocycles. The third-order valence-corrected chi connectivity index (χ3v) is 4.61. The van der Waals surface area contributed by atoms with E-state index in [1.54, 1.807) is 35.4 Å². The van der Waals surface area contributed by atoms with Crippen LogP contribution in [0.25, 0.3) is 16.8 Å². The van der Waals surface area contributed by atoms with Gasteiger partial charge in [0.1, 0.15) is 5.69 Å². The van der Waals surface area contributed by atoms with E-state index in [1.807, 2.05) is 54.7 Å². The maximum atomic E-state index is 12.7. The number of nitrogens with one attached hydrogen (secondary N) is 1. The van der Waals surface area contributed by atoms with E-state index in [-0.39, 0.29) is 5.91 Å². The van der Waals surface area contributed by atoms with E-state index < -0.39 is 0 Å². The van der Waals surface area contributed by atoms with Crippen molar-refractivity contribution in [2.24, 2.45) is 0 Å². The van der Waals surface area contributed by atoms with Crippen molar-refractivity contribution in [1.82, 2.24) is 19.9 Å². The first-order valence-corrected chi connectivity index (χ1v) is 9.14. The van der Waals surface area contributed by atoms with E-state index in [2.05, 4.69) is 15.3 Å². The van der Waals surface area contributed by atoms with Gasteiger partial charge in [0.25, 0.3) is 5.91 Å². The van der Waals surface area contributed by atoms with Crippen LogP contribution in [-0.4, -0.2) is 20.4 Å². The zero-order chi connectivity index (χ0) is 19.3. The second-order valence-corrected chi connectivity index (χ2v) is 6.69. The van der Waals surface area contributed by atoms with Crippen LogP contribution in [0, 0.1) is 0 Å². The molecule has 2 heterocycles. The average Bonchev–Trinajstić information content (AvgIpc) is 3.24. The Morgan fingerprint density at radius 1 is 0.964 bits per heavy atom. The minimum atomic E-state index is -0.195. The highest BCUT2D eigenvalue weighted by atomic mass is 35.5. The maximum absolute atomic E-state index is 12.7. The molecule has 1 amide bonds. The zero-order valence-corrected chi connectivity index (χ0v) is 15.7. The Morgan fingerprint density at radius 2 is 1.79 bits per heavy atom. The lowest BCUT2D eigenvalue weighted by molar-refractivity contribution is 0.0944. The highest BCUT2D eigenvalue weighted by molar-refractivity contribution is 6.30. The van der Waals surface area contributed by atoms with Crippen LogP contribution in [0.1, 0.15) is 16.1 Å². The van der Waals surface area contributed by atoms with E-state index >= 15 is 0 Å². The smallest absolute Gasteiger partial charge is 0.270 e. The minimum Gasteiger partial charge on any atom is -0.347 e. The van der Waals surface area contributed by atoms with Gasteiger partial charge in [0.05, 0.1) is 12.5 Å². The molecule has 0 fully saturated rings. The Labute approximate surface area is 167 Å². The second kappa shape index (κ2) is 8.06. The Morgan fingerprint density at radius 3 is 2.57 bits per heavy atom. The maximum Gasteiger partial charge on any atom is 0.270 e. The largest absolute Gasteiger partial charge is 0.347 e. The molecule has 2 aromatic heterocycles. The number of carbonyl (C=O) groups is 1. The molecule has 4 rings (SSSR count). The fraction of sp³-hybridized carbons (Fsp3) is 0.0455. The molecule has 0 spiro atoms. The van der Waals surface area contributed by atoms with Crippen LogP contribution < -0.4 is 5.32 Å². The molecule has 0 unspecified atom stereocenters. The number of rotatable bonds is 5. The quantitative estimate of drug-likeness (QED) is 0.547. The van der Waals surface area contributed by atoms with Crippen LogP contribution >= 0.6 is 11.6 Å². The van der Waals surface area contributed by atoms with E-state index in [0.29, 0.717) is 17.3 Å². The van der Waals surface area contributed by atoms with Gasteiger partial charge in [-0.2, -0.15) is 0 Å². The van der Waals surface area contributed by atoms with Crippen molar-refractivity contribution in [2.45, 2.75) is 6.54 Å². The van der Waals surface area contributed by atoms with Gasteiger partial charge >= 0.3 is 0 Å². The van der Waals surface area contributed by atoms with E-state index in [1.165, 1.54) is 0 Å².